The highest BCUT2D eigenvalue weighted by molar-refractivity contribution is 5.96. The summed E-state index contributed by atoms with van der Waals surface area (Å²) in [5.74, 6) is -0.525. The SMILES string of the molecule is O=C(CC(c1ccccc1)N1CCOC1=O)c1ccc(F)cc1. The van der Waals surface area contributed by atoms with Crippen molar-refractivity contribution in [2.75, 3.05) is 13.2 Å². The van der Waals surface area contributed by atoms with E-state index < -0.39 is 6.09 Å². The van der Waals surface area contributed by atoms with E-state index in [4.69, 9.17) is 4.74 Å². The van der Waals surface area contributed by atoms with Gasteiger partial charge in [-0.1, -0.05) is 30.3 Å². The molecule has 118 valence electrons. The molecular formula is C18H16FNO3. The van der Waals surface area contributed by atoms with Gasteiger partial charge in [0.2, 0.25) is 0 Å². The van der Waals surface area contributed by atoms with E-state index in [0.717, 1.165) is 5.56 Å². The van der Waals surface area contributed by atoms with Gasteiger partial charge in [0.15, 0.2) is 5.78 Å². The minimum Gasteiger partial charge on any atom is -0.448 e. The van der Waals surface area contributed by atoms with Gasteiger partial charge in [-0.05, 0) is 29.8 Å². The molecule has 0 spiro atoms. The van der Waals surface area contributed by atoms with Crippen molar-refractivity contribution in [1.29, 1.82) is 0 Å². The number of hydrogen-bond acceptors (Lipinski definition) is 3. The van der Waals surface area contributed by atoms with Crippen molar-refractivity contribution in [1.82, 2.24) is 4.90 Å². The van der Waals surface area contributed by atoms with Gasteiger partial charge < -0.3 is 4.74 Å². The molecule has 3 rings (SSSR count). The van der Waals surface area contributed by atoms with Crippen LogP contribution in [0.15, 0.2) is 54.6 Å². The number of rotatable bonds is 5. The van der Waals surface area contributed by atoms with Crippen molar-refractivity contribution < 1.29 is 18.7 Å². The van der Waals surface area contributed by atoms with Gasteiger partial charge >= 0.3 is 6.09 Å². The molecule has 5 heteroatoms. The zero-order valence-electron chi connectivity index (χ0n) is 12.4. The van der Waals surface area contributed by atoms with E-state index in [0.29, 0.717) is 18.7 Å². The summed E-state index contributed by atoms with van der Waals surface area (Å²) >= 11 is 0. The summed E-state index contributed by atoms with van der Waals surface area (Å²) in [7, 11) is 0. The van der Waals surface area contributed by atoms with Crippen LogP contribution in [0, 0.1) is 5.82 Å². The number of nitrogens with zero attached hydrogens (tertiary/aromatic N) is 1. The molecule has 0 aromatic heterocycles. The number of carbonyl (C=O) groups is 2. The summed E-state index contributed by atoms with van der Waals surface area (Å²) in [6.07, 6.45) is -0.282. The summed E-state index contributed by atoms with van der Waals surface area (Å²) in [5.41, 5.74) is 1.31. The molecular weight excluding hydrogens is 297 g/mol. The maximum atomic E-state index is 13.0. The topological polar surface area (TPSA) is 46.6 Å². The standard InChI is InChI=1S/C18H16FNO3/c19-15-8-6-14(7-9-15)17(21)12-16(13-4-2-1-3-5-13)20-10-11-23-18(20)22/h1-9,16H,10-12H2. The van der Waals surface area contributed by atoms with E-state index in [1.165, 1.54) is 24.3 Å². The number of cyclic esters (lactones) is 1. The summed E-state index contributed by atoms with van der Waals surface area (Å²) < 4.78 is 18.0. The number of amides is 1. The molecule has 1 saturated heterocycles. The molecule has 23 heavy (non-hydrogen) atoms. The summed E-state index contributed by atoms with van der Waals surface area (Å²) in [4.78, 5) is 26.0. The molecule has 2 aromatic rings. The Labute approximate surface area is 133 Å². The number of ether oxygens (including phenoxy) is 1. The average molecular weight is 313 g/mol. The Morgan fingerprint density at radius 3 is 2.43 bits per heavy atom. The van der Waals surface area contributed by atoms with E-state index in [9.17, 15) is 14.0 Å². The molecule has 0 N–H and O–H groups in total. The van der Waals surface area contributed by atoms with E-state index in [-0.39, 0.29) is 24.1 Å². The van der Waals surface area contributed by atoms with E-state index in [1.807, 2.05) is 30.3 Å². The molecule has 0 saturated carbocycles. The third-order valence-electron chi connectivity index (χ3n) is 3.90. The number of benzene rings is 2. The van der Waals surface area contributed by atoms with Crippen molar-refractivity contribution >= 4 is 11.9 Å². The molecule has 1 heterocycles. The van der Waals surface area contributed by atoms with Gasteiger partial charge in [-0.2, -0.15) is 0 Å². The second kappa shape index (κ2) is 6.60. The first kappa shape index (κ1) is 15.2. The quantitative estimate of drug-likeness (QED) is 0.793. The molecule has 1 amide bonds. The molecule has 1 fully saturated rings. The maximum absolute atomic E-state index is 13.0. The molecule has 1 atom stereocenters. The van der Waals surface area contributed by atoms with Crippen molar-refractivity contribution in [3.05, 3.63) is 71.5 Å². The van der Waals surface area contributed by atoms with Gasteiger partial charge in [-0.3, -0.25) is 9.69 Å². The minimum atomic E-state index is -0.411. The summed E-state index contributed by atoms with van der Waals surface area (Å²) in [6, 6.07) is 14.4. The van der Waals surface area contributed by atoms with Crippen LogP contribution in [0.2, 0.25) is 0 Å². The van der Waals surface area contributed by atoms with E-state index >= 15 is 0 Å². The van der Waals surface area contributed by atoms with Crippen LogP contribution >= 0.6 is 0 Å². The van der Waals surface area contributed by atoms with Crippen LogP contribution in [0.3, 0.4) is 0 Å². The maximum Gasteiger partial charge on any atom is 0.410 e. The van der Waals surface area contributed by atoms with Crippen LogP contribution < -0.4 is 0 Å². The van der Waals surface area contributed by atoms with Gasteiger partial charge in [0.25, 0.3) is 0 Å². The molecule has 1 aliphatic heterocycles. The first-order chi connectivity index (χ1) is 11.1. The van der Waals surface area contributed by atoms with Gasteiger partial charge in [-0.25, -0.2) is 9.18 Å². The van der Waals surface area contributed by atoms with Gasteiger partial charge in [0.05, 0.1) is 12.6 Å². The normalized spacial score (nSPS) is 15.3. The van der Waals surface area contributed by atoms with Crippen molar-refractivity contribution in [2.45, 2.75) is 12.5 Å². The Bertz CT molecular complexity index is 700. The van der Waals surface area contributed by atoms with Gasteiger partial charge in [0, 0.05) is 12.0 Å². The highest BCUT2D eigenvalue weighted by Crippen LogP contribution is 2.28. The summed E-state index contributed by atoms with van der Waals surface area (Å²) in [6.45, 7) is 0.780. The van der Waals surface area contributed by atoms with Crippen LogP contribution in [0.1, 0.15) is 28.4 Å². The number of hydrogen-bond donors (Lipinski definition) is 0. The zero-order chi connectivity index (χ0) is 16.2. The number of Topliss-reactive ketones (excluding diaryl/α,β-unsaturated/α-hetero) is 1. The van der Waals surface area contributed by atoms with Crippen LogP contribution in [-0.4, -0.2) is 29.9 Å². The Morgan fingerprint density at radius 1 is 1.13 bits per heavy atom. The molecule has 1 aliphatic rings. The molecule has 0 bridgehead atoms. The number of ketones is 1. The van der Waals surface area contributed by atoms with Crippen LogP contribution in [0.4, 0.5) is 9.18 Å². The third kappa shape index (κ3) is 3.39. The van der Waals surface area contributed by atoms with E-state index in [2.05, 4.69) is 0 Å². The number of carbonyl (C=O) groups excluding carboxylic acids is 2. The second-order valence-electron chi connectivity index (χ2n) is 5.37. The number of halogens is 1. The second-order valence-corrected chi connectivity index (χ2v) is 5.37. The van der Waals surface area contributed by atoms with Gasteiger partial charge in [0.1, 0.15) is 12.4 Å². The Kier molecular flexibility index (Phi) is 4.37. The lowest BCUT2D eigenvalue weighted by Gasteiger charge is -2.25. The lowest BCUT2D eigenvalue weighted by Crippen LogP contribution is -2.31. The molecule has 2 aromatic carbocycles. The third-order valence-corrected chi connectivity index (χ3v) is 3.90. The average Bonchev–Trinajstić information content (AvgIpc) is 2.99. The molecule has 0 aliphatic carbocycles. The van der Waals surface area contributed by atoms with Gasteiger partial charge in [-0.15, -0.1) is 0 Å². The Balaban J connectivity index is 1.85. The Morgan fingerprint density at radius 2 is 1.83 bits per heavy atom. The van der Waals surface area contributed by atoms with Crippen molar-refractivity contribution in [3.63, 3.8) is 0 Å². The molecule has 1 unspecified atom stereocenters. The fourth-order valence-electron chi connectivity index (χ4n) is 2.70. The van der Waals surface area contributed by atoms with Crippen molar-refractivity contribution in [2.24, 2.45) is 0 Å². The van der Waals surface area contributed by atoms with Crippen LogP contribution in [-0.2, 0) is 4.74 Å². The molecule has 4 nitrogen and oxygen atoms in total. The zero-order valence-corrected chi connectivity index (χ0v) is 12.4. The first-order valence-electron chi connectivity index (χ1n) is 7.42. The largest absolute Gasteiger partial charge is 0.448 e. The smallest absolute Gasteiger partial charge is 0.410 e. The first-order valence-corrected chi connectivity index (χ1v) is 7.42. The lowest BCUT2D eigenvalue weighted by atomic mass is 9.97. The van der Waals surface area contributed by atoms with Crippen LogP contribution in [0.25, 0.3) is 0 Å². The monoisotopic (exact) mass is 313 g/mol. The Hall–Kier alpha value is -2.69. The fourth-order valence-corrected chi connectivity index (χ4v) is 2.70. The van der Waals surface area contributed by atoms with E-state index in [1.54, 1.807) is 4.90 Å². The minimum absolute atomic E-state index is 0.130. The van der Waals surface area contributed by atoms with Crippen molar-refractivity contribution in [3.8, 4) is 0 Å². The fraction of sp³-hybridized carbons (Fsp3) is 0.222. The summed E-state index contributed by atoms with van der Waals surface area (Å²) in [5, 5.41) is 0. The predicted octanol–water partition coefficient (Wildman–Crippen LogP) is 3.59. The van der Waals surface area contributed by atoms with Crippen LogP contribution in [0.5, 0.6) is 0 Å². The highest BCUT2D eigenvalue weighted by atomic mass is 19.1. The molecule has 0 radical (unpaired) electrons. The highest BCUT2D eigenvalue weighted by Gasteiger charge is 2.32. The predicted molar refractivity (Wildman–Crippen MR) is 82.6 cm³/mol. The lowest BCUT2D eigenvalue weighted by molar-refractivity contribution is 0.0937.